The summed E-state index contributed by atoms with van der Waals surface area (Å²) in [5.74, 6) is 0.762. The van der Waals surface area contributed by atoms with Gasteiger partial charge in [0.25, 0.3) is 0 Å². The van der Waals surface area contributed by atoms with Crippen molar-refractivity contribution in [1.82, 2.24) is 4.98 Å². The number of nitrogen functional groups attached to an aromatic ring is 1. The number of aromatic nitrogens is 1. The maximum Gasteiger partial charge on any atom is 0.129 e. The van der Waals surface area contributed by atoms with E-state index in [1.165, 1.54) is 0 Å². The number of hydrogen-bond donors (Lipinski definition) is 3. The molecule has 0 spiro atoms. The Balaban J connectivity index is 2.92. The molecule has 0 saturated heterocycles. The van der Waals surface area contributed by atoms with E-state index in [9.17, 15) is 0 Å². The fourth-order valence-electron chi connectivity index (χ4n) is 1.31. The zero-order valence-corrected chi connectivity index (χ0v) is 8.77. The average Bonchev–Trinajstić information content (AvgIpc) is 2.26. The molecule has 0 radical (unpaired) electrons. The van der Waals surface area contributed by atoms with Crippen molar-refractivity contribution in [3.8, 4) is 0 Å². The summed E-state index contributed by atoms with van der Waals surface area (Å²) in [5.41, 5.74) is 6.04. The number of hydrogen-bond acceptors (Lipinski definition) is 4. The van der Waals surface area contributed by atoms with E-state index in [2.05, 4.69) is 4.98 Å². The Morgan fingerprint density at radius 1 is 1.67 bits per heavy atom. The van der Waals surface area contributed by atoms with Crippen LogP contribution in [-0.4, -0.2) is 35.6 Å². The summed E-state index contributed by atoms with van der Waals surface area (Å²) in [6.07, 6.45) is 1.62. The second-order valence-corrected chi connectivity index (χ2v) is 3.12. The number of nitrogens with one attached hydrogen (secondary N) is 1. The molecule has 0 bridgehead atoms. The number of aliphatic hydroxyl groups excluding tert-OH is 1. The summed E-state index contributed by atoms with van der Waals surface area (Å²) in [6, 6.07) is 3.44. The lowest BCUT2D eigenvalue weighted by molar-refractivity contribution is 0.302. The topological polar surface area (TPSA) is 86.2 Å². The number of anilines is 1. The minimum Gasteiger partial charge on any atom is -0.395 e. The normalized spacial score (nSPS) is 10.0. The number of nitrogens with two attached hydrogens (primary N) is 1. The Morgan fingerprint density at radius 2 is 2.40 bits per heavy atom. The molecular weight excluding hydrogens is 192 g/mol. The van der Waals surface area contributed by atoms with Gasteiger partial charge in [0.1, 0.15) is 11.7 Å². The number of rotatable bonds is 5. The van der Waals surface area contributed by atoms with Gasteiger partial charge in [0.05, 0.1) is 6.61 Å². The molecule has 0 aliphatic heterocycles. The maximum atomic E-state index is 8.87. The van der Waals surface area contributed by atoms with E-state index in [0.29, 0.717) is 12.1 Å². The van der Waals surface area contributed by atoms with Crippen LogP contribution in [0.25, 0.3) is 0 Å². The van der Waals surface area contributed by atoms with Crippen LogP contribution in [0.5, 0.6) is 0 Å². The Bertz CT molecular complexity index is 340. The zero-order chi connectivity index (χ0) is 11.3. The van der Waals surface area contributed by atoms with Gasteiger partial charge < -0.3 is 15.7 Å². The Morgan fingerprint density at radius 3 is 2.93 bits per heavy atom. The van der Waals surface area contributed by atoms with E-state index in [1.54, 1.807) is 18.3 Å². The van der Waals surface area contributed by atoms with Crippen molar-refractivity contribution in [1.29, 1.82) is 5.41 Å². The minimum atomic E-state index is 0.0266. The molecule has 1 rings (SSSR count). The van der Waals surface area contributed by atoms with Crippen molar-refractivity contribution in [2.75, 3.05) is 24.6 Å². The molecule has 4 N–H and O–H groups in total. The minimum absolute atomic E-state index is 0.0266. The SMILES string of the molecule is CCN(CCO)c1cc(C(=N)N)ccn1. The summed E-state index contributed by atoms with van der Waals surface area (Å²) in [6.45, 7) is 3.36. The molecule has 15 heavy (non-hydrogen) atoms. The van der Waals surface area contributed by atoms with Crippen LogP contribution in [0.1, 0.15) is 12.5 Å². The lowest BCUT2D eigenvalue weighted by atomic mass is 10.2. The molecule has 0 unspecified atom stereocenters. The smallest absolute Gasteiger partial charge is 0.129 e. The number of amidine groups is 1. The van der Waals surface area contributed by atoms with Crippen LogP contribution in [0.3, 0.4) is 0 Å². The second-order valence-electron chi connectivity index (χ2n) is 3.12. The summed E-state index contributed by atoms with van der Waals surface area (Å²) < 4.78 is 0. The largest absolute Gasteiger partial charge is 0.395 e. The highest BCUT2D eigenvalue weighted by molar-refractivity contribution is 5.95. The molecule has 1 aromatic heterocycles. The van der Waals surface area contributed by atoms with Crippen LogP contribution >= 0.6 is 0 Å². The molecule has 5 nitrogen and oxygen atoms in total. The lowest BCUT2D eigenvalue weighted by Gasteiger charge is -2.20. The van der Waals surface area contributed by atoms with Gasteiger partial charge in [-0.2, -0.15) is 0 Å². The molecule has 0 amide bonds. The number of likely N-dealkylation sites (N-methyl/N-ethyl adjacent to an activating group) is 1. The fraction of sp³-hybridized carbons (Fsp3) is 0.400. The van der Waals surface area contributed by atoms with E-state index in [-0.39, 0.29) is 12.4 Å². The molecule has 0 aliphatic rings. The van der Waals surface area contributed by atoms with E-state index < -0.39 is 0 Å². The molecule has 82 valence electrons. The molecule has 5 heteroatoms. The summed E-state index contributed by atoms with van der Waals surface area (Å²) >= 11 is 0. The highest BCUT2D eigenvalue weighted by Gasteiger charge is 2.06. The molecule has 0 aliphatic carbocycles. The zero-order valence-electron chi connectivity index (χ0n) is 8.77. The average molecular weight is 208 g/mol. The van der Waals surface area contributed by atoms with Gasteiger partial charge in [0, 0.05) is 24.8 Å². The van der Waals surface area contributed by atoms with Crippen molar-refractivity contribution >= 4 is 11.7 Å². The number of nitrogens with zero attached hydrogens (tertiary/aromatic N) is 2. The number of aliphatic hydroxyl groups is 1. The molecule has 0 saturated carbocycles. The highest BCUT2D eigenvalue weighted by atomic mass is 16.3. The molecule has 0 aromatic carbocycles. The van der Waals surface area contributed by atoms with Gasteiger partial charge in [-0.15, -0.1) is 0 Å². The standard InChI is InChI=1S/C10H16N4O/c1-2-14(5-6-15)9-7-8(10(11)12)3-4-13-9/h3-4,7,15H,2,5-6H2,1H3,(H3,11,12). The molecule has 0 fully saturated rings. The second kappa shape index (κ2) is 5.31. The Hall–Kier alpha value is -1.62. The lowest BCUT2D eigenvalue weighted by Crippen LogP contribution is -2.27. The summed E-state index contributed by atoms with van der Waals surface area (Å²) in [5, 5.41) is 16.2. The fourth-order valence-corrected chi connectivity index (χ4v) is 1.31. The van der Waals surface area contributed by atoms with Crippen LogP contribution in [0.4, 0.5) is 5.82 Å². The number of pyridine rings is 1. The van der Waals surface area contributed by atoms with Gasteiger partial charge >= 0.3 is 0 Å². The van der Waals surface area contributed by atoms with Crippen LogP contribution in [0.15, 0.2) is 18.3 Å². The van der Waals surface area contributed by atoms with Crippen LogP contribution in [0, 0.1) is 5.41 Å². The third kappa shape index (κ3) is 2.92. The van der Waals surface area contributed by atoms with E-state index in [0.717, 1.165) is 12.4 Å². The van der Waals surface area contributed by atoms with Gasteiger partial charge in [-0.3, -0.25) is 5.41 Å². The van der Waals surface area contributed by atoms with Gasteiger partial charge in [-0.05, 0) is 19.1 Å². The first-order chi connectivity index (χ1) is 7.19. The summed E-state index contributed by atoms with van der Waals surface area (Å²) in [7, 11) is 0. The summed E-state index contributed by atoms with van der Waals surface area (Å²) in [4.78, 5) is 6.10. The maximum absolute atomic E-state index is 8.87. The molecule has 1 aromatic rings. The third-order valence-electron chi connectivity index (χ3n) is 2.13. The molecule has 0 atom stereocenters. The van der Waals surface area contributed by atoms with Gasteiger partial charge in [-0.25, -0.2) is 4.98 Å². The first kappa shape index (κ1) is 11.5. The first-order valence-corrected chi connectivity index (χ1v) is 4.85. The van der Waals surface area contributed by atoms with Crippen molar-refractivity contribution in [2.24, 2.45) is 5.73 Å². The van der Waals surface area contributed by atoms with E-state index >= 15 is 0 Å². The quantitative estimate of drug-likeness (QED) is 0.476. The van der Waals surface area contributed by atoms with E-state index in [1.807, 2.05) is 11.8 Å². The first-order valence-electron chi connectivity index (χ1n) is 4.85. The predicted octanol–water partition coefficient (Wildman–Crippen LogP) is 0.184. The van der Waals surface area contributed by atoms with Gasteiger partial charge in [0.15, 0.2) is 0 Å². The van der Waals surface area contributed by atoms with Crippen molar-refractivity contribution in [3.63, 3.8) is 0 Å². The van der Waals surface area contributed by atoms with Crippen LogP contribution in [-0.2, 0) is 0 Å². The van der Waals surface area contributed by atoms with E-state index in [4.69, 9.17) is 16.2 Å². The third-order valence-corrected chi connectivity index (χ3v) is 2.13. The van der Waals surface area contributed by atoms with Crippen molar-refractivity contribution in [3.05, 3.63) is 23.9 Å². The van der Waals surface area contributed by atoms with Crippen LogP contribution < -0.4 is 10.6 Å². The van der Waals surface area contributed by atoms with Gasteiger partial charge in [0.2, 0.25) is 0 Å². The molecule has 1 heterocycles. The Labute approximate surface area is 89.1 Å². The highest BCUT2D eigenvalue weighted by Crippen LogP contribution is 2.11. The van der Waals surface area contributed by atoms with Crippen LogP contribution in [0.2, 0.25) is 0 Å². The molecular formula is C10H16N4O. The van der Waals surface area contributed by atoms with Gasteiger partial charge in [-0.1, -0.05) is 0 Å². The van der Waals surface area contributed by atoms with Crippen molar-refractivity contribution in [2.45, 2.75) is 6.92 Å². The predicted molar refractivity (Wildman–Crippen MR) is 60.2 cm³/mol. The Kier molecular flexibility index (Phi) is 4.05. The van der Waals surface area contributed by atoms with Crippen molar-refractivity contribution < 1.29 is 5.11 Å². The monoisotopic (exact) mass is 208 g/mol.